The molecule has 0 saturated carbocycles. The van der Waals surface area contributed by atoms with E-state index in [-0.39, 0.29) is 11.3 Å². The summed E-state index contributed by atoms with van der Waals surface area (Å²) >= 11 is 0. The molecule has 0 spiro atoms. The van der Waals surface area contributed by atoms with Gasteiger partial charge in [0.2, 0.25) is 0 Å². The lowest BCUT2D eigenvalue weighted by atomic mass is 10.1. The van der Waals surface area contributed by atoms with Gasteiger partial charge in [-0.1, -0.05) is 30.3 Å². The van der Waals surface area contributed by atoms with Crippen molar-refractivity contribution in [2.45, 2.75) is 6.92 Å². The summed E-state index contributed by atoms with van der Waals surface area (Å²) in [5.74, 6) is -0.568. The number of benzene rings is 2. The number of carbonyl (C=O) groups is 1. The second-order valence-corrected chi connectivity index (χ2v) is 4.79. The minimum absolute atomic E-state index is 0.0560. The summed E-state index contributed by atoms with van der Waals surface area (Å²) in [6.07, 6.45) is 1.32. The number of nitro groups is 1. The summed E-state index contributed by atoms with van der Waals surface area (Å²) in [5, 5.41) is 22.7. The Balaban J connectivity index is 2.28. The number of nitrogens with zero attached hydrogens (tertiary/aromatic N) is 2. The normalized spacial score (nSPS) is 10.7. The summed E-state index contributed by atoms with van der Waals surface area (Å²) < 4.78 is 0. The Morgan fingerprint density at radius 2 is 1.96 bits per heavy atom. The third kappa shape index (κ3) is 4.02. The molecule has 2 aromatic carbocycles. The smallest absolute Gasteiger partial charge is 0.272 e. The van der Waals surface area contributed by atoms with E-state index in [2.05, 4.69) is 5.32 Å². The van der Waals surface area contributed by atoms with Gasteiger partial charge in [0.25, 0.3) is 11.6 Å². The monoisotopic (exact) mass is 307 g/mol. The van der Waals surface area contributed by atoms with E-state index in [9.17, 15) is 14.9 Å². The molecule has 0 saturated heterocycles. The molecule has 6 nitrogen and oxygen atoms in total. The molecule has 0 radical (unpaired) electrons. The molecule has 0 bridgehead atoms. The van der Waals surface area contributed by atoms with Crippen molar-refractivity contribution in [1.82, 2.24) is 0 Å². The van der Waals surface area contributed by atoms with Gasteiger partial charge in [-0.05, 0) is 30.7 Å². The van der Waals surface area contributed by atoms with Crippen molar-refractivity contribution < 1.29 is 9.72 Å². The van der Waals surface area contributed by atoms with Gasteiger partial charge in [-0.2, -0.15) is 5.26 Å². The van der Waals surface area contributed by atoms with Crippen LogP contribution in [0.15, 0.2) is 54.1 Å². The molecule has 23 heavy (non-hydrogen) atoms. The van der Waals surface area contributed by atoms with Crippen molar-refractivity contribution >= 4 is 23.4 Å². The number of hydrogen-bond acceptors (Lipinski definition) is 4. The molecule has 1 N–H and O–H groups in total. The number of carbonyl (C=O) groups excluding carboxylic acids is 1. The Morgan fingerprint density at radius 1 is 1.26 bits per heavy atom. The van der Waals surface area contributed by atoms with Crippen LogP contribution >= 0.6 is 0 Å². The van der Waals surface area contributed by atoms with Gasteiger partial charge in [0.05, 0.1) is 4.92 Å². The van der Waals surface area contributed by atoms with E-state index in [4.69, 9.17) is 5.26 Å². The number of aryl methyl sites for hydroxylation is 1. The van der Waals surface area contributed by atoms with Crippen molar-refractivity contribution in [2.75, 3.05) is 5.32 Å². The number of nitrogens with one attached hydrogen (secondary N) is 1. The molecule has 0 heterocycles. The molecule has 0 unspecified atom stereocenters. The fraction of sp³-hybridized carbons (Fsp3) is 0.0588. The first-order valence-corrected chi connectivity index (χ1v) is 6.74. The van der Waals surface area contributed by atoms with Crippen molar-refractivity contribution in [2.24, 2.45) is 0 Å². The van der Waals surface area contributed by atoms with Crippen LogP contribution in [0.2, 0.25) is 0 Å². The fourth-order valence-corrected chi connectivity index (χ4v) is 1.95. The quantitative estimate of drug-likeness (QED) is 0.405. The first-order valence-electron chi connectivity index (χ1n) is 6.74. The summed E-state index contributed by atoms with van der Waals surface area (Å²) in [7, 11) is 0. The number of nitro benzene ring substituents is 1. The van der Waals surface area contributed by atoms with E-state index in [0.29, 0.717) is 16.8 Å². The lowest BCUT2D eigenvalue weighted by Gasteiger charge is -2.04. The number of anilines is 1. The molecule has 1 amide bonds. The maximum absolute atomic E-state index is 12.1. The van der Waals surface area contributed by atoms with Crippen molar-refractivity contribution in [3.63, 3.8) is 0 Å². The summed E-state index contributed by atoms with van der Waals surface area (Å²) in [6.45, 7) is 1.62. The Hall–Kier alpha value is -3.46. The van der Waals surface area contributed by atoms with Gasteiger partial charge in [-0.15, -0.1) is 0 Å². The second-order valence-electron chi connectivity index (χ2n) is 4.79. The predicted octanol–water partition coefficient (Wildman–Crippen LogP) is 3.45. The molecule has 0 aliphatic carbocycles. The third-order valence-electron chi connectivity index (χ3n) is 3.14. The largest absolute Gasteiger partial charge is 0.321 e. The van der Waals surface area contributed by atoms with Crippen LogP contribution in [-0.2, 0) is 4.79 Å². The van der Waals surface area contributed by atoms with E-state index in [1.807, 2.05) is 12.1 Å². The van der Waals surface area contributed by atoms with Gasteiger partial charge in [-0.3, -0.25) is 14.9 Å². The average Bonchev–Trinajstić information content (AvgIpc) is 2.54. The van der Waals surface area contributed by atoms with Crippen LogP contribution in [0.25, 0.3) is 6.08 Å². The zero-order chi connectivity index (χ0) is 16.8. The van der Waals surface area contributed by atoms with Crippen molar-refractivity contribution in [3.8, 4) is 6.07 Å². The predicted molar refractivity (Wildman–Crippen MR) is 86.5 cm³/mol. The number of nitriles is 1. The van der Waals surface area contributed by atoms with Crippen LogP contribution in [0.5, 0.6) is 0 Å². The van der Waals surface area contributed by atoms with E-state index < -0.39 is 10.8 Å². The standard InChI is InChI=1S/C17H13N3O3/c1-12-7-8-13(10-16(12)20(22)23)9-14(11-18)17(21)19-15-5-3-2-4-6-15/h2-10H,1H3,(H,19,21)/b14-9-. The highest BCUT2D eigenvalue weighted by Crippen LogP contribution is 2.21. The van der Waals surface area contributed by atoms with Crippen molar-refractivity contribution in [1.29, 1.82) is 5.26 Å². The minimum Gasteiger partial charge on any atom is -0.321 e. The topological polar surface area (TPSA) is 96.0 Å². The highest BCUT2D eigenvalue weighted by molar-refractivity contribution is 6.09. The van der Waals surface area contributed by atoms with Gasteiger partial charge in [-0.25, -0.2) is 0 Å². The van der Waals surface area contributed by atoms with Crippen LogP contribution < -0.4 is 5.32 Å². The summed E-state index contributed by atoms with van der Waals surface area (Å²) in [5.41, 5.74) is 1.31. The average molecular weight is 307 g/mol. The van der Waals surface area contributed by atoms with Crippen LogP contribution in [0.1, 0.15) is 11.1 Å². The van der Waals surface area contributed by atoms with Gasteiger partial charge >= 0.3 is 0 Å². The maximum atomic E-state index is 12.1. The van der Waals surface area contributed by atoms with Crippen LogP contribution in [0.4, 0.5) is 11.4 Å². The van der Waals surface area contributed by atoms with Crippen molar-refractivity contribution in [3.05, 3.63) is 75.3 Å². The SMILES string of the molecule is Cc1ccc(/C=C(/C#N)C(=O)Nc2ccccc2)cc1[N+](=O)[O-]. The molecule has 2 rings (SSSR count). The lowest BCUT2D eigenvalue weighted by Crippen LogP contribution is -2.13. The van der Waals surface area contributed by atoms with Gasteiger partial charge in [0.15, 0.2) is 0 Å². The first-order chi connectivity index (χ1) is 11.0. The number of para-hydroxylation sites is 1. The number of amides is 1. The Morgan fingerprint density at radius 3 is 2.57 bits per heavy atom. The zero-order valence-corrected chi connectivity index (χ0v) is 12.3. The van der Waals surface area contributed by atoms with E-state index >= 15 is 0 Å². The Bertz CT molecular complexity index is 821. The second kappa shape index (κ2) is 7.00. The molecule has 0 aliphatic heterocycles. The molecular formula is C17H13N3O3. The maximum Gasteiger partial charge on any atom is 0.272 e. The molecule has 6 heteroatoms. The highest BCUT2D eigenvalue weighted by Gasteiger charge is 2.13. The summed E-state index contributed by atoms with van der Waals surface area (Å²) in [6, 6.07) is 15.1. The van der Waals surface area contributed by atoms with Crippen LogP contribution in [0.3, 0.4) is 0 Å². The molecule has 2 aromatic rings. The minimum atomic E-state index is -0.568. The van der Waals surface area contributed by atoms with Crippen LogP contribution in [-0.4, -0.2) is 10.8 Å². The van der Waals surface area contributed by atoms with Gasteiger partial charge < -0.3 is 5.32 Å². The fourth-order valence-electron chi connectivity index (χ4n) is 1.95. The zero-order valence-electron chi connectivity index (χ0n) is 12.3. The Kier molecular flexibility index (Phi) is 4.85. The third-order valence-corrected chi connectivity index (χ3v) is 3.14. The molecule has 0 atom stereocenters. The highest BCUT2D eigenvalue weighted by atomic mass is 16.6. The van der Waals surface area contributed by atoms with E-state index in [0.717, 1.165) is 0 Å². The number of rotatable bonds is 4. The van der Waals surface area contributed by atoms with E-state index in [1.165, 1.54) is 12.1 Å². The first kappa shape index (κ1) is 15.9. The molecule has 0 aromatic heterocycles. The van der Waals surface area contributed by atoms with E-state index in [1.54, 1.807) is 43.3 Å². The van der Waals surface area contributed by atoms with Gasteiger partial charge in [0, 0.05) is 17.3 Å². The van der Waals surface area contributed by atoms with Crippen LogP contribution in [0, 0.1) is 28.4 Å². The number of hydrogen-bond donors (Lipinski definition) is 1. The molecule has 0 aliphatic rings. The molecule has 0 fully saturated rings. The lowest BCUT2D eigenvalue weighted by molar-refractivity contribution is -0.385. The Labute approximate surface area is 132 Å². The summed E-state index contributed by atoms with van der Waals surface area (Å²) in [4.78, 5) is 22.5. The van der Waals surface area contributed by atoms with Gasteiger partial charge in [0.1, 0.15) is 11.6 Å². The molecule has 114 valence electrons. The molecular weight excluding hydrogens is 294 g/mol.